The van der Waals surface area contributed by atoms with Crippen LogP contribution in [0.4, 0.5) is 0 Å². The molecule has 4 heteroatoms. The molecular formula is C30H50N2O2. The molecule has 192 valence electrons. The molecule has 34 heavy (non-hydrogen) atoms. The minimum Gasteiger partial charge on any atom is -0.348 e. The van der Waals surface area contributed by atoms with Crippen LogP contribution < -0.4 is 0 Å². The third kappa shape index (κ3) is 5.36. The second-order valence-electron chi connectivity index (χ2n) is 12.4. The number of allylic oxidation sites excluding steroid dienone is 2. The number of fused-ring (bicyclic) bond motifs is 2. The van der Waals surface area contributed by atoms with Gasteiger partial charge in [-0.15, -0.1) is 0 Å². The first-order valence-electron chi connectivity index (χ1n) is 14.6. The summed E-state index contributed by atoms with van der Waals surface area (Å²) in [5.41, 5.74) is 4.97. The van der Waals surface area contributed by atoms with E-state index in [0.29, 0.717) is 17.9 Å². The molecule has 2 aliphatic heterocycles. The normalized spacial score (nSPS) is 37.5. The van der Waals surface area contributed by atoms with E-state index in [9.17, 15) is 0 Å². The highest BCUT2D eigenvalue weighted by molar-refractivity contribution is 5.36. The molecule has 2 saturated carbocycles. The van der Waals surface area contributed by atoms with Gasteiger partial charge in [0, 0.05) is 5.92 Å². The van der Waals surface area contributed by atoms with Crippen molar-refractivity contribution in [2.24, 2.45) is 17.3 Å². The number of ether oxygens (including phenoxy) is 2. The lowest BCUT2D eigenvalue weighted by Gasteiger charge is -2.52. The van der Waals surface area contributed by atoms with E-state index in [1.807, 2.05) is 0 Å². The van der Waals surface area contributed by atoms with Crippen molar-refractivity contribution >= 4 is 0 Å². The van der Waals surface area contributed by atoms with Gasteiger partial charge >= 0.3 is 0 Å². The number of rotatable bonds is 4. The summed E-state index contributed by atoms with van der Waals surface area (Å²) in [4.78, 5) is 5.29. The van der Waals surface area contributed by atoms with E-state index in [1.54, 1.807) is 5.57 Å². The molecule has 0 aromatic rings. The Kier molecular flexibility index (Phi) is 8.20. The Hall–Kier alpha value is -0.680. The van der Waals surface area contributed by atoms with E-state index in [2.05, 4.69) is 30.4 Å². The van der Waals surface area contributed by atoms with E-state index in [0.717, 1.165) is 13.0 Å². The van der Waals surface area contributed by atoms with Crippen LogP contribution in [0.5, 0.6) is 0 Å². The van der Waals surface area contributed by atoms with Gasteiger partial charge in [0.15, 0.2) is 6.29 Å². The van der Waals surface area contributed by atoms with E-state index in [4.69, 9.17) is 9.47 Å². The van der Waals surface area contributed by atoms with Crippen molar-refractivity contribution in [3.05, 3.63) is 23.3 Å². The Bertz CT molecular complexity index is 742. The maximum atomic E-state index is 6.63. The highest BCUT2D eigenvalue weighted by atomic mass is 16.7. The highest BCUT2D eigenvalue weighted by Gasteiger charge is 2.48. The third-order valence-corrected chi connectivity index (χ3v) is 10.1. The molecule has 0 aromatic carbocycles. The first-order valence-corrected chi connectivity index (χ1v) is 14.6. The largest absolute Gasteiger partial charge is 0.348 e. The molecule has 0 N–H and O–H groups in total. The van der Waals surface area contributed by atoms with E-state index in [1.165, 1.54) is 121 Å². The SMILES string of the molecule is C=C1CCC2=C3CO[C@@H](C4CCCC4)O[C@@H]3CC[C@@]2(C)[C@@H]1CCN1CCCCCN(C)CCC1. The summed E-state index contributed by atoms with van der Waals surface area (Å²) in [6.45, 7) is 14.3. The molecule has 3 aliphatic carbocycles. The summed E-state index contributed by atoms with van der Waals surface area (Å²) in [5.74, 6) is 1.24. The predicted molar refractivity (Wildman–Crippen MR) is 140 cm³/mol. The van der Waals surface area contributed by atoms with Crippen LogP contribution in [0.15, 0.2) is 23.3 Å². The number of hydrogen-bond acceptors (Lipinski definition) is 4. The van der Waals surface area contributed by atoms with Crippen LogP contribution in [-0.2, 0) is 9.47 Å². The van der Waals surface area contributed by atoms with Gasteiger partial charge in [-0.25, -0.2) is 0 Å². The molecule has 4 atom stereocenters. The average molecular weight is 471 g/mol. The van der Waals surface area contributed by atoms with Crippen molar-refractivity contribution in [1.82, 2.24) is 9.80 Å². The third-order valence-electron chi connectivity index (χ3n) is 10.1. The van der Waals surface area contributed by atoms with Gasteiger partial charge in [-0.2, -0.15) is 0 Å². The van der Waals surface area contributed by atoms with Crippen LogP contribution in [0.2, 0.25) is 0 Å². The Morgan fingerprint density at radius 2 is 1.71 bits per heavy atom. The molecule has 4 fully saturated rings. The predicted octanol–water partition coefficient (Wildman–Crippen LogP) is 6.18. The molecule has 0 radical (unpaired) electrons. The van der Waals surface area contributed by atoms with Crippen LogP contribution in [0, 0.1) is 17.3 Å². The van der Waals surface area contributed by atoms with Crippen molar-refractivity contribution < 1.29 is 9.47 Å². The lowest BCUT2D eigenvalue weighted by molar-refractivity contribution is -0.217. The maximum Gasteiger partial charge on any atom is 0.161 e. The second-order valence-corrected chi connectivity index (χ2v) is 12.4. The van der Waals surface area contributed by atoms with Crippen LogP contribution in [-0.4, -0.2) is 68.6 Å². The fourth-order valence-corrected chi connectivity index (χ4v) is 7.98. The highest BCUT2D eigenvalue weighted by Crippen LogP contribution is 2.56. The standard InChI is InChI=1S/C30H50N2O2/c1-23-12-13-27-25-22-33-29(24-10-5-6-11-24)34-28(25)14-16-30(27,2)26(23)15-21-32-19-8-4-7-17-31(3)18-9-20-32/h24,26,28-29H,1,4-22H2,2-3H3/t26-,28-,29-,30+/m1/s1. The first-order chi connectivity index (χ1) is 16.5. The molecule has 0 unspecified atom stereocenters. The number of hydrogen-bond donors (Lipinski definition) is 0. The summed E-state index contributed by atoms with van der Waals surface area (Å²) < 4.78 is 13.0. The quantitative estimate of drug-likeness (QED) is 0.458. The summed E-state index contributed by atoms with van der Waals surface area (Å²) in [7, 11) is 2.29. The lowest BCUT2D eigenvalue weighted by atomic mass is 9.56. The zero-order valence-electron chi connectivity index (χ0n) is 22.2. The summed E-state index contributed by atoms with van der Waals surface area (Å²) >= 11 is 0. The van der Waals surface area contributed by atoms with Crippen LogP contribution >= 0.6 is 0 Å². The molecule has 0 amide bonds. The zero-order valence-corrected chi connectivity index (χ0v) is 22.2. The van der Waals surface area contributed by atoms with Gasteiger partial charge in [-0.3, -0.25) is 0 Å². The second kappa shape index (κ2) is 11.2. The smallest absolute Gasteiger partial charge is 0.161 e. The topological polar surface area (TPSA) is 24.9 Å². The van der Waals surface area contributed by atoms with Gasteiger partial charge in [0.2, 0.25) is 0 Å². The van der Waals surface area contributed by atoms with Crippen LogP contribution in [0.1, 0.15) is 90.4 Å². The van der Waals surface area contributed by atoms with Gasteiger partial charge in [-0.1, -0.05) is 43.9 Å². The van der Waals surface area contributed by atoms with E-state index in [-0.39, 0.29) is 11.7 Å². The van der Waals surface area contributed by atoms with Crippen molar-refractivity contribution in [2.75, 3.05) is 46.4 Å². The molecule has 0 spiro atoms. The van der Waals surface area contributed by atoms with Gasteiger partial charge in [0.05, 0.1) is 12.7 Å². The van der Waals surface area contributed by atoms with Crippen molar-refractivity contribution in [3.63, 3.8) is 0 Å². The fourth-order valence-electron chi connectivity index (χ4n) is 7.98. The van der Waals surface area contributed by atoms with Gasteiger partial charge in [-0.05, 0) is 121 Å². The van der Waals surface area contributed by atoms with E-state index >= 15 is 0 Å². The van der Waals surface area contributed by atoms with Crippen molar-refractivity contribution in [3.8, 4) is 0 Å². The molecule has 5 rings (SSSR count). The van der Waals surface area contributed by atoms with Crippen LogP contribution in [0.25, 0.3) is 0 Å². The minimum atomic E-state index is 0.0509. The van der Waals surface area contributed by atoms with Gasteiger partial charge < -0.3 is 19.3 Å². The molecule has 0 bridgehead atoms. The Balaban J connectivity index is 1.25. The fraction of sp³-hybridized carbons (Fsp3) is 0.867. The molecular weight excluding hydrogens is 420 g/mol. The summed E-state index contributed by atoms with van der Waals surface area (Å²) in [6, 6.07) is 0. The van der Waals surface area contributed by atoms with Crippen molar-refractivity contribution in [1.29, 1.82) is 0 Å². The zero-order chi connectivity index (χ0) is 23.5. The van der Waals surface area contributed by atoms with Crippen LogP contribution in [0.3, 0.4) is 0 Å². The monoisotopic (exact) mass is 470 g/mol. The summed E-state index contributed by atoms with van der Waals surface area (Å²) in [6.07, 6.45) is 17.0. The Morgan fingerprint density at radius 1 is 0.941 bits per heavy atom. The Labute approximate surface area is 209 Å². The summed E-state index contributed by atoms with van der Waals surface area (Å²) in [5, 5.41) is 0. The Morgan fingerprint density at radius 3 is 2.56 bits per heavy atom. The minimum absolute atomic E-state index is 0.0509. The average Bonchev–Trinajstić information content (AvgIpc) is 3.37. The van der Waals surface area contributed by atoms with Gasteiger partial charge in [0.1, 0.15) is 0 Å². The van der Waals surface area contributed by atoms with E-state index < -0.39 is 0 Å². The molecule has 2 saturated heterocycles. The van der Waals surface area contributed by atoms with Crippen molar-refractivity contribution in [2.45, 2.75) is 103 Å². The van der Waals surface area contributed by atoms with Gasteiger partial charge in [0.25, 0.3) is 0 Å². The molecule has 5 aliphatic rings. The number of nitrogens with zero attached hydrogens (tertiary/aromatic N) is 2. The lowest BCUT2D eigenvalue weighted by Crippen LogP contribution is -2.47. The molecule has 0 aromatic heterocycles. The first kappa shape index (κ1) is 25.0. The molecule has 2 heterocycles. The molecule has 4 nitrogen and oxygen atoms in total. The maximum absolute atomic E-state index is 6.63.